The molecule has 0 bridgehead atoms. The van der Waals surface area contributed by atoms with Crippen LogP contribution in [0.2, 0.25) is 0 Å². The predicted molar refractivity (Wildman–Crippen MR) is 55.8 cm³/mol. The lowest BCUT2D eigenvalue weighted by molar-refractivity contribution is -0.138. The summed E-state index contributed by atoms with van der Waals surface area (Å²) in [4.78, 5) is 10.5. The van der Waals surface area contributed by atoms with Gasteiger partial charge in [-0.1, -0.05) is 36.9 Å². The Morgan fingerprint density at radius 3 is 2.93 bits per heavy atom. The second-order valence-corrected chi connectivity index (χ2v) is 3.10. The quantitative estimate of drug-likeness (QED) is 0.753. The van der Waals surface area contributed by atoms with E-state index in [-0.39, 0.29) is 0 Å². The molecule has 3 nitrogen and oxygen atoms in total. The summed E-state index contributed by atoms with van der Waals surface area (Å²) in [6, 6.07) is 6.67. The molecule has 0 spiro atoms. The molecule has 1 rings (SSSR count). The van der Waals surface area contributed by atoms with Gasteiger partial charge in [0.15, 0.2) is 0 Å². The molecule has 0 heterocycles. The molecule has 0 aliphatic heterocycles. The molecular formula is C11H13NO2. The Hall–Kier alpha value is -1.61. The van der Waals surface area contributed by atoms with Gasteiger partial charge in [0.2, 0.25) is 0 Å². The van der Waals surface area contributed by atoms with Crippen molar-refractivity contribution < 1.29 is 9.90 Å². The van der Waals surface area contributed by atoms with E-state index in [1.54, 1.807) is 6.08 Å². The average molecular weight is 191 g/mol. The molecule has 0 saturated carbocycles. The molecule has 1 aromatic rings. The van der Waals surface area contributed by atoms with Crippen molar-refractivity contribution in [3.05, 3.63) is 42.0 Å². The second-order valence-electron chi connectivity index (χ2n) is 3.10. The summed E-state index contributed by atoms with van der Waals surface area (Å²) in [5.74, 6) is -0.978. The number of carbonyl (C=O) groups is 1. The first-order chi connectivity index (χ1) is 6.63. The zero-order chi connectivity index (χ0) is 10.6. The van der Waals surface area contributed by atoms with Crippen LogP contribution in [0, 0.1) is 0 Å². The Bertz CT molecular complexity index is 347. The van der Waals surface area contributed by atoms with Crippen LogP contribution < -0.4 is 5.73 Å². The Kier molecular flexibility index (Phi) is 3.42. The van der Waals surface area contributed by atoms with Crippen LogP contribution >= 0.6 is 0 Å². The van der Waals surface area contributed by atoms with Gasteiger partial charge in [-0.3, -0.25) is 4.79 Å². The maximum atomic E-state index is 10.5. The lowest BCUT2D eigenvalue weighted by Gasteiger charge is -2.06. The van der Waals surface area contributed by atoms with Crippen LogP contribution in [0.25, 0.3) is 6.08 Å². The van der Waals surface area contributed by atoms with Crippen molar-refractivity contribution in [1.82, 2.24) is 0 Å². The lowest BCUT2D eigenvalue weighted by atomic mass is 10.0. The minimum atomic E-state index is -0.978. The Morgan fingerprint density at radius 1 is 1.64 bits per heavy atom. The zero-order valence-electron chi connectivity index (χ0n) is 7.81. The van der Waals surface area contributed by atoms with Gasteiger partial charge >= 0.3 is 5.97 Å². The summed E-state index contributed by atoms with van der Waals surface area (Å²) in [5.41, 5.74) is 7.30. The molecule has 1 atom stereocenters. The fourth-order valence-electron chi connectivity index (χ4n) is 1.19. The maximum absolute atomic E-state index is 10.5. The smallest absolute Gasteiger partial charge is 0.320 e. The molecule has 0 radical (unpaired) electrons. The van der Waals surface area contributed by atoms with Crippen LogP contribution in [0.15, 0.2) is 30.8 Å². The molecule has 0 aliphatic rings. The third-order valence-corrected chi connectivity index (χ3v) is 1.96. The van der Waals surface area contributed by atoms with E-state index in [4.69, 9.17) is 10.8 Å². The highest BCUT2D eigenvalue weighted by Gasteiger charge is 2.11. The largest absolute Gasteiger partial charge is 0.480 e. The summed E-state index contributed by atoms with van der Waals surface area (Å²) < 4.78 is 0. The van der Waals surface area contributed by atoms with E-state index in [9.17, 15) is 4.79 Å². The van der Waals surface area contributed by atoms with Crippen molar-refractivity contribution in [2.75, 3.05) is 0 Å². The van der Waals surface area contributed by atoms with Gasteiger partial charge in [0.1, 0.15) is 6.04 Å². The highest BCUT2D eigenvalue weighted by atomic mass is 16.4. The molecule has 3 N–H and O–H groups in total. The number of aliphatic carboxylic acids is 1. The molecule has 0 saturated heterocycles. The number of hydrogen-bond donors (Lipinski definition) is 2. The molecular weight excluding hydrogens is 178 g/mol. The van der Waals surface area contributed by atoms with Crippen LogP contribution in [-0.4, -0.2) is 17.1 Å². The van der Waals surface area contributed by atoms with E-state index < -0.39 is 12.0 Å². The van der Waals surface area contributed by atoms with Crippen molar-refractivity contribution in [3.8, 4) is 0 Å². The first-order valence-corrected chi connectivity index (χ1v) is 4.33. The molecule has 0 aliphatic carbocycles. The van der Waals surface area contributed by atoms with Crippen molar-refractivity contribution >= 4 is 12.0 Å². The fourth-order valence-corrected chi connectivity index (χ4v) is 1.19. The number of carboxylic acid groups (broad SMARTS) is 1. The van der Waals surface area contributed by atoms with Gasteiger partial charge < -0.3 is 10.8 Å². The van der Waals surface area contributed by atoms with Gasteiger partial charge in [0.05, 0.1) is 0 Å². The number of carboxylic acids is 1. The minimum absolute atomic E-state index is 0.344. The maximum Gasteiger partial charge on any atom is 0.320 e. The molecule has 1 aromatic carbocycles. The van der Waals surface area contributed by atoms with Gasteiger partial charge in [-0.15, -0.1) is 0 Å². The molecule has 1 unspecified atom stereocenters. The summed E-state index contributed by atoms with van der Waals surface area (Å²) in [6.07, 6.45) is 2.06. The average Bonchev–Trinajstić information content (AvgIpc) is 2.18. The van der Waals surface area contributed by atoms with E-state index in [0.29, 0.717) is 6.42 Å². The van der Waals surface area contributed by atoms with E-state index in [1.165, 1.54) is 0 Å². The van der Waals surface area contributed by atoms with Crippen molar-refractivity contribution in [1.29, 1.82) is 0 Å². The topological polar surface area (TPSA) is 63.3 Å². The molecule has 74 valence electrons. The number of rotatable bonds is 4. The Balaban J connectivity index is 2.76. The molecule has 0 amide bonds. The molecule has 0 fully saturated rings. The Labute approximate surface area is 82.9 Å². The van der Waals surface area contributed by atoms with Crippen LogP contribution in [0.3, 0.4) is 0 Å². The van der Waals surface area contributed by atoms with Crippen molar-refractivity contribution in [2.24, 2.45) is 5.73 Å². The fraction of sp³-hybridized carbons (Fsp3) is 0.182. The molecule has 3 heteroatoms. The second kappa shape index (κ2) is 4.58. The first-order valence-electron chi connectivity index (χ1n) is 4.33. The summed E-state index contributed by atoms with van der Waals surface area (Å²) in [5, 5.41) is 8.62. The van der Waals surface area contributed by atoms with Crippen LogP contribution in [-0.2, 0) is 11.2 Å². The van der Waals surface area contributed by atoms with Crippen LogP contribution in [0.4, 0.5) is 0 Å². The zero-order valence-corrected chi connectivity index (χ0v) is 7.81. The van der Waals surface area contributed by atoms with Gasteiger partial charge in [-0.05, 0) is 17.5 Å². The third kappa shape index (κ3) is 2.71. The van der Waals surface area contributed by atoms with E-state index in [0.717, 1.165) is 11.1 Å². The van der Waals surface area contributed by atoms with E-state index >= 15 is 0 Å². The van der Waals surface area contributed by atoms with E-state index in [2.05, 4.69) is 6.58 Å². The van der Waals surface area contributed by atoms with Crippen molar-refractivity contribution in [2.45, 2.75) is 12.5 Å². The minimum Gasteiger partial charge on any atom is -0.480 e. The highest BCUT2D eigenvalue weighted by molar-refractivity contribution is 5.73. The summed E-state index contributed by atoms with van der Waals surface area (Å²) >= 11 is 0. The lowest BCUT2D eigenvalue weighted by Crippen LogP contribution is -2.32. The van der Waals surface area contributed by atoms with Crippen LogP contribution in [0.1, 0.15) is 11.1 Å². The van der Waals surface area contributed by atoms with Gasteiger partial charge in [0, 0.05) is 0 Å². The van der Waals surface area contributed by atoms with Gasteiger partial charge in [-0.2, -0.15) is 0 Å². The SMILES string of the molecule is C=Cc1cccc(CC(N)C(=O)O)c1. The van der Waals surface area contributed by atoms with Gasteiger partial charge in [0.25, 0.3) is 0 Å². The predicted octanol–water partition coefficient (Wildman–Crippen LogP) is 1.28. The van der Waals surface area contributed by atoms with Crippen LogP contribution in [0.5, 0.6) is 0 Å². The summed E-state index contributed by atoms with van der Waals surface area (Å²) in [7, 11) is 0. The normalized spacial score (nSPS) is 12.1. The Morgan fingerprint density at radius 2 is 2.36 bits per heavy atom. The third-order valence-electron chi connectivity index (χ3n) is 1.96. The van der Waals surface area contributed by atoms with E-state index in [1.807, 2.05) is 24.3 Å². The molecule has 14 heavy (non-hydrogen) atoms. The molecule has 0 aromatic heterocycles. The first kappa shape index (κ1) is 10.5. The summed E-state index contributed by atoms with van der Waals surface area (Å²) in [6.45, 7) is 3.64. The van der Waals surface area contributed by atoms with Crippen molar-refractivity contribution in [3.63, 3.8) is 0 Å². The monoisotopic (exact) mass is 191 g/mol. The number of benzene rings is 1. The highest BCUT2D eigenvalue weighted by Crippen LogP contribution is 2.08. The number of hydrogen-bond acceptors (Lipinski definition) is 2. The number of nitrogens with two attached hydrogens (primary N) is 1. The standard InChI is InChI=1S/C11H13NO2/c1-2-8-4-3-5-9(6-8)7-10(12)11(13)14/h2-6,10H,1,7,12H2,(H,13,14). The van der Waals surface area contributed by atoms with Gasteiger partial charge in [-0.25, -0.2) is 0 Å².